The molecule has 0 N–H and O–H groups in total. The van der Waals surface area contributed by atoms with Gasteiger partial charge >= 0.3 is 0 Å². The highest BCUT2D eigenvalue weighted by atomic mass is 79.9. The third kappa shape index (κ3) is 2.82. The monoisotopic (exact) mass is 334 g/mol. The lowest BCUT2D eigenvalue weighted by atomic mass is 9.98. The number of hydrogen-bond acceptors (Lipinski definition) is 0. The van der Waals surface area contributed by atoms with Crippen LogP contribution in [0.2, 0.25) is 0 Å². The van der Waals surface area contributed by atoms with Crippen molar-refractivity contribution in [2.75, 3.05) is 0 Å². The van der Waals surface area contributed by atoms with E-state index < -0.39 is 0 Å². The summed E-state index contributed by atoms with van der Waals surface area (Å²) >= 11 is 6.93. The van der Waals surface area contributed by atoms with Crippen LogP contribution in [-0.4, -0.2) is 4.83 Å². The molecule has 82 valence electrons. The zero-order valence-electron chi connectivity index (χ0n) is 8.35. The quantitative estimate of drug-likeness (QED) is 0.687. The molecule has 0 spiro atoms. The number of alkyl halides is 1. The second kappa shape index (κ2) is 4.96. The Hall–Kier alpha value is 0.110. The molecule has 15 heavy (non-hydrogen) atoms. The summed E-state index contributed by atoms with van der Waals surface area (Å²) in [4.78, 5) is 0.640. The molecule has 1 aromatic carbocycles. The average Bonchev–Trinajstić information content (AvgIpc) is 2.59. The number of hydrogen-bond donors (Lipinski definition) is 0. The van der Waals surface area contributed by atoms with Crippen molar-refractivity contribution < 1.29 is 4.39 Å². The van der Waals surface area contributed by atoms with E-state index in [2.05, 4.69) is 31.9 Å². The molecule has 0 bridgehead atoms. The lowest BCUT2D eigenvalue weighted by Gasteiger charge is -2.13. The van der Waals surface area contributed by atoms with E-state index in [1.807, 2.05) is 12.1 Å². The van der Waals surface area contributed by atoms with Crippen molar-refractivity contribution in [2.24, 2.45) is 5.92 Å². The Labute approximate surface area is 107 Å². The van der Waals surface area contributed by atoms with Crippen LogP contribution in [0.3, 0.4) is 0 Å². The van der Waals surface area contributed by atoms with E-state index in [1.54, 1.807) is 0 Å². The second-order valence-corrected chi connectivity index (χ2v) is 6.19. The van der Waals surface area contributed by atoms with Crippen LogP contribution in [0.25, 0.3) is 0 Å². The van der Waals surface area contributed by atoms with Crippen molar-refractivity contribution in [2.45, 2.75) is 30.5 Å². The maximum absolute atomic E-state index is 13.0. The van der Waals surface area contributed by atoms with Crippen LogP contribution in [0.5, 0.6) is 0 Å². The van der Waals surface area contributed by atoms with Gasteiger partial charge in [0.1, 0.15) is 5.82 Å². The van der Waals surface area contributed by atoms with Gasteiger partial charge in [-0.3, -0.25) is 0 Å². The first-order valence-corrected chi connectivity index (χ1v) is 6.95. The third-order valence-corrected chi connectivity index (χ3v) is 4.86. The van der Waals surface area contributed by atoms with Gasteiger partial charge in [0.25, 0.3) is 0 Å². The smallest absolute Gasteiger partial charge is 0.137 e. The van der Waals surface area contributed by atoms with E-state index in [0.717, 1.165) is 6.42 Å². The van der Waals surface area contributed by atoms with Crippen LogP contribution in [0.4, 0.5) is 4.39 Å². The molecule has 1 saturated carbocycles. The summed E-state index contributed by atoms with van der Waals surface area (Å²) in [6.07, 6.45) is 4.91. The van der Waals surface area contributed by atoms with Gasteiger partial charge in [-0.25, -0.2) is 4.39 Å². The number of benzene rings is 1. The van der Waals surface area contributed by atoms with Crippen LogP contribution < -0.4 is 0 Å². The van der Waals surface area contributed by atoms with Gasteiger partial charge in [0, 0.05) is 4.83 Å². The lowest BCUT2D eigenvalue weighted by molar-refractivity contribution is 0.560. The van der Waals surface area contributed by atoms with Crippen molar-refractivity contribution in [3.63, 3.8) is 0 Å². The molecule has 2 rings (SSSR count). The van der Waals surface area contributed by atoms with Gasteiger partial charge in [0.2, 0.25) is 0 Å². The van der Waals surface area contributed by atoms with Crippen LogP contribution in [-0.2, 0) is 6.42 Å². The number of rotatable bonds is 2. The summed E-state index contributed by atoms with van der Waals surface area (Å²) in [5, 5.41) is 0. The van der Waals surface area contributed by atoms with Crippen molar-refractivity contribution in [3.8, 4) is 0 Å². The van der Waals surface area contributed by atoms with E-state index in [9.17, 15) is 4.39 Å². The molecule has 0 heterocycles. The van der Waals surface area contributed by atoms with E-state index >= 15 is 0 Å². The summed E-state index contributed by atoms with van der Waals surface area (Å²) in [5.74, 6) is 0.530. The maximum Gasteiger partial charge on any atom is 0.137 e. The van der Waals surface area contributed by atoms with Crippen molar-refractivity contribution >= 4 is 31.9 Å². The minimum Gasteiger partial charge on any atom is -0.206 e. The van der Waals surface area contributed by atoms with Gasteiger partial charge in [-0.2, -0.15) is 0 Å². The minimum absolute atomic E-state index is 0.180. The van der Waals surface area contributed by atoms with Crippen LogP contribution >= 0.6 is 31.9 Å². The molecule has 0 amide bonds. The maximum atomic E-state index is 13.0. The summed E-state index contributed by atoms with van der Waals surface area (Å²) in [5.41, 5.74) is 1.22. The van der Waals surface area contributed by atoms with E-state index in [1.165, 1.54) is 30.9 Å². The predicted octanol–water partition coefficient (Wildman–Crippen LogP) is 4.69. The van der Waals surface area contributed by atoms with E-state index in [4.69, 9.17) is 0 Å². The molecule has 1 aromatic rings. The highest BCUT2D eigenvalue weighted by molar-refractivity contribution is 9.10. The van der Waals surface area contributed by atoms with E-state index in [-0.39, 0.29) is 5.82 Å². The molecular formula is C12H13Br2F. The predicted molar refractivity (Wildman–Crippen MR) is 67.9 cm³/mol. The number of halogens is 3. The molecule has 2 atom stereocenters. The molecule has 0 aliphatic heterocycles. The van der Waals surface area contributed by atoms with Gasteiger partial charge in [-0.05, 0) is 58.8 Å². The molecule has 0 nitrogen and oxygen atoms in total. The summed E-state index contributed by atoms with van der Waals surface area (Å²) in [6.45, 7) is 0. The Morgan fingerprint density at radius 1 is 1.33 bits per heavy atom. The van der Waals surface area contributed by atoms with Crippen LogP contribution in [0, 0.1) is 11.7 Å². The molecule has 2 unspecified atom stereocenters. The second-order valence-electron chi connectivity index (χ2n) is 4.16. The Morgan fingerprint density at radius 2 is 2.13 bits per heavy atom. The Bertz CT molecular complexity index is 351. The fourth-order valence-corrected chi connectivity index (χ4v) is 3.39. The molecular weight excluding hydrogens is 323 g/mol. The highest BCUT2D eigenvalue weighted by Gasteiger charge is 2.24. The SMILES string of the molecule is Fc1ccc(CC2CCCC2Br)cc1Br. The zero-order valence-corrected chi connectivity index (χ0v) is 11.5. The first-order chi connectivity index (χ1) is 7.16. The molecule has 0 aromatic heterocycles. The molecule has 1 aliphatic carbocycles. The van der Waals surface area contributed by atoms with Crippen LogP contribution in [0.15, 0.2) is 22.7 Å². The fourth-order valence-electron chi connectivity index (χ4n) is 2.19. The third-order valence-electron chi connectivity index (χ3n) is 3.05. The molecule has 0 radical (unpaired) electrons. The van der Waals surface area contributed by atoms with Gasteiger partial charge < -0.3 is 0 Å². The van der Waals surface area contributed by atoms with Crippen molar-refractivity contribution in [1.29, 1.82) is 0 Å². The Morgan fingerprint density at radius 3 is 2.73 bits per heavy atom. The molecule has 0 saturated heterocycles. The van der Waals surface area contributed by atoms with Crippen molar-refractivity contribution in [1.82, 2.24) is 0 Å². The topological polar surface area (TPSA) is 0 Å². The largest absolute Gasteiger partial charge is 0.206 e. The summed E-state index contributed by atoms with van der Waals surface area (Å²) < 4.78 is 13.6. The summed E-state index contributed by atoms with van der Waals surface area (Å²) in [7, 11) is 0. The van der Waals surface area contributed by atoms with Gasteiger partial charge in [-0.15, -0.1) is 0 Å². The molecule has 3 heteroatoms. The lowest BCUT2D eigenvalue weighted by Crippen LogP contribution is -2.09. The van der Waals surface area contributed by atoms with Gasteiger partial charge in [0.15, 0.2) is 0 Å². The van der Waals surface area contributed by atoms with Gasteiger partial charge in [0.05, 0.1) is 4.47 Å². The highest BCUT2D eigenvalue weighted by Crippen LogP contribution is 2.34. The molecule has 1 aliphatic rings. The first kappa shape index (κ1) is 11.6. The summed E-state index contributed by atoms with van der Waals surface area (Å²) in [6, 6.07) is 5.32. The normalized spacial score (nSPS) is 25.8. The van der Waals surface area contributed by atoms with Crippen LogP contribution in [0.1, 0.15) is 24.8 Å². The Balaban J connectivity index is 2.07. The van der Waals surface area contributed by atoms with Gasteiger partial charge in [-0.1, -0.05) is 28.4 Å². The minimum atomic E-state index is -0.180. The average molecular weight is 336 g/mol. The van der Waals surface area contributed by atoms with Crippen molar-refractivity contribution in [3.05, 3.63) is 34.1 Å². The zero-order chi connectivity index (χ0) is 10.8. The first-order valence-electron chi connectivity index (χ1n) is 5.25. The van der Waals surface area contributed by atoms with E-state index in [0.29, 0.717) is 15.2 Å². The standard InChI is InChI=1S/C12H13Br2F/c13-10-3-1-2-9(10)6-8-4-5-12(15)11(14)7-8/h4-5,7,9-10H,1-3,6H2. The molecule has 1 fully saturated rings. The fraction of sp³-hybridized carbons (Fsp3) is 0.500. The Kier molecular flexibility index (Phi) is 3.83.